The molecule has 0 spiro atoms. The Kier molecular flexibility index (Phi) is 5.36. The second kappa shape index (κ2) is 7.99. The van der Waals surface area contributed by atoms with Gasteiger partial charge >= 0.3 is 0 Å². The summed E-state index contributed by atoms with van der Waals surface area (Å²) in [6, 6.07) is 16.4. The van der Waals surface area contributed by atoms with E-state index in [1.807, 2.05) is 24.3 Å². The van der Waals surface area contributed by atoms with Gasteiger partial charge in [0.1, 0.15) is 24.3 Å². The normalized spacial score (nSPS) is 14.8. The molecule has 0 aliphatic carbocycles. The molecule has 0 radical (unpaired) electrons. The first kappa shape index (κ1) is 20.8. The molecule has 31 heavy (non-hydrogen) atoms. The van der Waals surface area contributed by atoms with Crippen molar-refractivity contribution in [3.05, 3.63) is 65.9 Å². The van der Waals surface area contributed by atoms with Gasteiger partial charge in [0.15, 0.2) is 5.71 Å². The topological polar surface area (TPSA) is 46.5 Å². The largest absolute Gasteiger partial charge is 0.497 e. The van der Waals surface area contributed by atoms with Crippen molar-refractivity contribution in [1.29, 1.82) is 0 Å². The van der Waals surface area contributed by atoms with Crippen LogP contribution in [0.4, 0.5) is 5.69 Å². The quantitative estimate of drug-likeness (QED) is 0.544. The Morgan fingerprint density at radius 1 is 0.871 bits per heavy atom. The summed E-state index contributed by atoms with van der Waals surface area (Å²) in [5, 5.41) is 0. The van der Waals surface area contributed by atoms with E-state index < -0.39 is 0 Å². The van der Waals surface area contributed by atoms with Gasteiger partial charge in [-0.25, -0.2) is 0 Å². The highest BCUT2D eigenvalue weighted by molar-refractivity contribution is 6.05. The van der Waals surface area contributed by atoms with Crippen LogP contribution in [-0.4, -0.2) is 43.6 Å². The van der Waals surface area contributed by atoms with Crippen LogP contribution in [0.1, 0.15) is 25.1 Å². The molecule has 0 saturated carbocycles. The highest BCUT2D eigenvalue weighted by Gasteiger charge is 2.42. The fourth-order valence-electron chi connectivity index (χ4n) is 4.33. The van der Waals surface area contributed by atoms with Gasteiger partial charge in [-0.2, -0.15) is 4.58 Å². The summed E-state index contributed by atoms with van der Waals surface area (Å²) in [6.07, 6.45) is 4.25. The minimum atomic E-state index is -0.0787. The monoisotopic (exact) mass is 417 g/mol. The number of para-hydroxylation sites is 1. The smallest absolute Gasteiger partial charge is 0.209 e. The summed E-state index contributed by atoms with van der Waals surface area (Å²) < 4.78 is 18.7. The molecule has 0 saturated heterocycles. The van der Waals surface area contributed by atoms with Crippen LogP contribution in [0.15, 0.2) is 54.6 Å². The SMILES string of the molecule is COc1cc(OC)cc(-c2cc(OC)c(/C=C/C3=[N+](C)c4ccccc4C3(C)C)[nH]2)c1. The fourth-order valence-corrected chi connectivity index (χ4v) is 4.33. The number of hydrogen-bond acceptors (Lipinski definition) is 3. The van der Waals surface area contributed by atoms with E-state index in [1.54, 1.807) is 21.3 Å². The molecule has 0 bridgehead atoms. The van der Waals surface area contributed by atoms with Crippen molar-refractivity contribution >= 4 is 17.5 Å². The van der Waals surface area contributed by atoms with E-state index in [0.29, 0.717) is 0 Å². The number of hydrogen-bond donors (Lipinski definition) is 1. The van der Waals surface area contributed by atoms with Crippen LogP contribution in [0.3, 0.4) is 0 Å². The van der Waals surface area contributed by atoms with Gasteiger partial charge in [0.2, 0.25) is 5.69 Å². The van der Waals surface area contributed by atoms with Crippen molar-refractivity contribution in [3.63, 3.8) is 0 Å². The number of allylic oxidation sites excluding steroid dienone is 1. The summed E-state index contributed by atoms with van der Waals surface area (Å²) >= 11 is 0. The Morgan fingerprint density at radius 2 is 1.55 bits per heavy atom. The molecule has 3 aromatic rings. The lowest BCUT2D eigenvalue weighted by atomic mass is 9.81. The van der Waals surface area contributed by atoms with Crippen molar-refractivity contribution in [2.24, 2.45) is 0 Å². The Balaban J connectivity index is 1.72. The maximum atomic E-state index is 5.65. The predicted molar refractivity (Wildman–Crippen MR) is 125 cm³/mol. The molecule has 5 nitrogen and oxygen atoms in total. The number of fused-ring (bicyclic) bond motifs is 1. The summed E-state index contributed by atoms with van der Waals surface area (Å²) in [5.41, 5.74) is 6.54. The van der Waals surface area contributed by atoms with Crippen molar-refractivity contribution in [3.8, 4) is 28.5 Å². The lowest BCUT2D eigenvalue weighted by Gasteiger charge is -2.15. The highest BCUT2D eigenvalue weighted by atomic mass is 16.5. The van der Waals surface area contributed by atoms with Crippen LogP contribution < -0.4 is 14.2 Å². The number of rotatable bonds is 6. The number of nitrogens with one attached hydrogen (secondary N) is 1. The average Bonchev–Trinajstić information content (AvgIpc) is 3.29. The number of benzene rings is 2. The molecule has 1 aromatic heterocycles. The average molecular weight is 418 g/mol. The Hall–Kier alpha value is -3.47. The zero-order valence-electron chi connectivity index (χ0n) is 18.9. The minimum absolute atomic E-state index is 0.0787. The molecule has 160 valence electrons. The summed E-state index contributed by atoms with van der Waals surface area (Å²) in [5.74, 6) is 2.26. The Morgan fingerprint density at radius 3 is 2.16 bits per heavy atom. The van der Waals surface area contributed by atoms with Gasteiger partial charge in [0.25, 0.3) is 0 Å². The molecule has 1 aliphatic heterocycles. The van der Waals surface area contributed by atoms with Gasteiger partial charge < -0.3 is 19.2 Å². The van der Waals surface area contributed by atoms with Crippen LogP contribution in [-0.2, 0) is 5.41 Å². The van der Waals surface area contributed by atoms with Crippen LogP contribution in [0.5, 0.6) is 17.2 Å². The van der Waals surface area contributed by atoms with E-state index in [1.165, 1.54) is 17.0 Å². The van der Waals surface area contributed by atoms with E-state index >= 15 is 0 Å². The van der Waals surface area contributed by atoms with Crippen molar-refractivity contribution in [1.82, 2.24) is 4.98 Å². The molecule has 1 N–H and O–H groups in total. The number of H-pyrrole nitrogens is 1. The van der Waals surface area contributed by atoms with Crippen LogP contribution in [0.2, 0.25) is 0 Å². The first-order valence-corrected chi connectivity index (χ1v) is 10.3. The van der Waals surface area contributed by atoms with Crippen molar-refractivity contribution in [2.45, 2.75) is 19.3 Å². The second-order valence-electron chi connectivity index (χ2n) is 8.19. The van der Waals surface area contributed by atoms with E-state index in [2.05, 4.69) is 66.9 Å². The van der Waals surface area contributed by atoms with Crippen LogP contribution >= 0.6 is 0 Å². The molecule has 5 heteroatoms. The molecule has 0 fully saturated rings. The van der Waals surface area contributed by atoms with E-state index in [0.717, 1.165) is 34.2 Å². The molecule has 2 heterocycles. The van der Waals surface area contributed by atoms with Crippen molar-refractivity contribution in [2.75, 3.05) is 28.4 Å². The first-order chi connectivity index (χ1) is 14.9. The Labute approximate surface area is 183 Å². The molecule has 0 amide bonds. The van der Waals surface area contributed by atoms with Gasteiger partial charge in [-0.15, -0.1) is 0 Å². The number of nitrogens with zero attached hydrogens (tertiary/aromatic N) is 1. The Bertz CT molecular complexity index is 1160. The third kappa shape index (κ3) is 3.61. The van der Waals surface area contributed by atoms with Gasteiger partial charge in [-0.05, 0) is 32.1 Å². The van der Waals surface area contributed by atoms with E-state index in [-0.39, 0.29) is 5.41 Å². The molecule has 4 rings (SSSR count). The number of aromatic nitrogens is 1. The minimum Gasteiger partial charge on any atom is -0.497 e. The molecule has 0 unspecified atom stereocenters. The third-order valence-electron chi connectivity index (χ3n) is 6.04. The lowest BCUT2D eigenvalue weighted by molar-refractivity contribution is -0.401. The molecule has 1 aliphatic rings. The standard InChI is InChI=1S/C26H28N2O3/c1-26(2)20-9-7-8-10-23(20)28(3)25(26)12-11-21-24(31-6)16-22(27-21)17-13-18(29-4)15-19(14-17)30-5/h7-16H,1-6H3/p+1. The molecule has 0 atom stereocenters. The number of aromatic amines is 1. The lowest BCUT2D eigenvalue weighted by Crippen LogP contribution is -2.26. The summed E-state index contributed by atoms with van der Waals surface area (Å²) in [4.78, 5) is 3.48. The maximum Gasteiger partial charge on any atom is 0.209 e. The van der Waals surface area contributed by atoms with Gasteiger partial charge in [-0.3, -0.25) is 0 Å². The predicted octanol–water partition coefficient (Wildman–Crippen LogP) is 5.43. The molecular formula is C26H29N2O3+. The highest BCUT2D eigenvalue weighted by Crippen LogP contribution is 2.39. The van der Waals surface area contributed by atoms with Crippen molar-refractivity contribution < 1.29 is 18.8 Å². The van der Waals surface area contributed by atoms with Gasteiger partial charge in [0.05, 0.1) is 32.4 Å². The van der Waals surface area contributed by atoms with Gasteiger partial charge in [-0.1, -0.05) is 18.2 Å². The fraction of sp³-hybridized carbons (Fsp3) is 0.269. The maximum absolute atomic E-state index is 5.65. The van der Waals surface area contributed by atoms with E-state index in [4.69, 9.17) is 14.2 Å². The summed E-state index contributed by atoms with van der Waals surface area (Å²) in [6.45, 7) is 4.52. The second-order valence-corrected chi connectivity index (χ2v) is 8.19. The number of ether oxygens (including phenoxy) is 3. The van der Waals surface area contributed by atoms with E-state index in [9.17, 15) is 0 Å². The zero-order valence-corrected chi connectivity index (χ0v) is 18.9. The molecule has 2 aromatic carbocycles. The summed E-state index contributed by atoms with van der Waals surface area (Å²) in [7, 11) is 7.10. The van der Waals surface area contributed by atoms with Crippen LogP contribution in [0, 0.1) is 0 Å². The number of methoxy groups -OCH3 is 3. The zero-order chi connectivity index (χ0) is 22.2. The third-order valence-corrected chi connectivity index (χ3v) is 6.04. The first-order valence-electron chi connectivity index (χ1n) is 10.3. The van der Waals surface area contributed by atoms with Crippen LogP contribution in [0.25, 0.3) is 17.3 Å². The molecular weight excluding hydrogens is 388 g/mol. The van der Waals surface area contributed by atoms with Gasteiger partial charge in [0, 0.05) is 41.1 Å².